The molecule has 3 aromatic heterocycles. The molecule has 3 aromatic rings. The van der Waals surface area contributed by atoms with Gasteiger partial charge in [-0.2, -0.15) is 0 Å². The zero-order valence-corrected chi connectivity index (χ0v) is 20.8. The first kappa shape index (κ1) is 22.9. The SMILES string of the molecule is CC(C)N1CCN(Cc2cnc(-c3cnc4c(c3)c(Br)cn4C(=O)OC(C)(C)C)o2)CC1. The maximum atomic E-state index is 12.5. The van der Waals surface area contributed by atoms with Crippen molar-refractivity contribution < 1.29 is 13.9 Å². The van der Waals surface area contributed by atoms with Gasteiger partial charge >= 0.3 is 6.09 Å². The lowest BCUT2D eigenvalue weighted by Gasteiger charge is -2.36. The highest BCUT2D eigenvalue weighted by molar-refractivity contribution is 9.10. The van der Waals surface area contributed by atoms with Gasteiger partial charge in [0.05, 0.1) is 18.3 Å². The number of carbonyl (C=O) groups is 1. The monoisotopic (exact) mass is 503 g/mol. The predicted molar refractivity (Wildman–Crippen MR) is 127 cm³/mol. The second-order valence-electron chi connectivity index (χ2n) is 9.46. The number of carbonyl (C=O) groups excluding carboxylic acids is 1. The second kappa shape index (κ2) is 8.96. The van der Waals surface area contributed by atoms with Gasteiger partial charge in [0.25, 0.3) is 0 Å². The molecule has 0 amide bonds. The Balaban J connectivity index is 1.50. The summed E-state index contributed by atoms with van der Waals surface area (Å²) in [5.41, 5.74) is 0.691. The van der Waals surface area contributed by atoms with Crippen LogP contribution >= 0.6 is 15.9 Å². The smallest absolute Gasteiger partial charge is 0.420 e. The average molecular weight is 504 g/mol. The van der Waals surface area contributed by atoms with Crippen molar-refractivity contribution in [2.24, 2.45) is 0 Å². The number of hydrogen-bond donors (Lipinski definition) is 0. The number of piperazine rings is 1. The van der Waals surface area contributed by atoms with Gasteiger partial charge in [0, 0.05) is 54.5 Å². The summed E-state index contributed by atoms with van der Waals surface area (Å²) in [6, 6.07) is 2.51. The molecule has 1 saturated heterocycles. The second-order valence-corrected chi connectivity index (χ2v) is 10.3. The van der Waals surface area contributed by atoms with E-state index in [-0.39, 0.29) is 0 Å². The molecule has 172 valence electrons. The number of fused-ring (bicyclic) bond motifs is 1. The molecule has 4 heterocycles. The van der Waals surface area contributed by atoms with Crippen molar-refractivity contribution >= 4 is 33.1 Å². The molecule has 0 radical (unpaired) electrons. The molecule has 0 spiro atoms. The Kier molecular flexibility index (Phi) is 6.42. The summed E-state index contributed by atoms with van der Waals surface area (Å²) < 4.78 is 13.7. The van der Waals surface area contributed by atoms with Crippen molar-refractivity contribution in [3.63, 3.8) is 0 Å². The number of nitrogens with zero attached hydrogens (tertiary/aromatic N) is 5. The van der Waals surface area contributed by atoms with E-state index in [1.807, 2.05) is 26.8 Å². The van der Waals surface area contributed by atoms with Crippen molar-refractivity contribution in [2.75, 3.05) is 26.2 Å². The quantitative estimate of drug-likeness (QED) is 0.507. The molecule has 1 aliphatic heterocycles. The summed E-state index contributed by atoms with van der Waals surface area (Å²) in [5.74, 6) is 1.36. The van der Waals surface area contributed by atoms with Crippen molar-refractivity contribution in [3.8, 4) is 11.5 Å². The molecule has 4 rings (SSSR count). The van der Waals surface area contributed by atoms with Gasteiger partial charge in [-0.25, -0.2) is 19.3 Å². The van der Waals surface area contributed by atoms with Gasteiger partial charge in [0.2, 0.25) is 5.89 Å². The summed E-state index contributed by atoms with van der Waals surface area (Å²) in [6.45, 7) is 14.9. The van der Waals surface area contributed by atoms with Crippen LogP contribution in [-0.4, -0.2) is 68.3 Å². The fourth-order valence-electron chi connectivity index (χ4n) is 3.81. The van der Waals surface area contributed by atoms with Gasteiger partial charge in [0.1, 0.15) is 11.4 Å². The highest BCUT2D eigenvalue weighted by Gasteiger charge is 2.23. The van der Waals surface area contributed by atoms with Crippen LogP contribution in [0.25, 0.3) is 22.5 Å². The molecule has 0 saturated carbocycles. The van der Waals surface area contributed by atoms with Crippen molar-refractivity contribution in [1.29, 1.82) is 0 Å². The number of ether oxygens (including phenoxy) is 1. The molecule has 0 atom stereocenters. The van der Waals surface area contributed by atoms with Crippen molar-refractivity contribution in [2.45, 2.75) is 52.8 Å². The molecular weight excluding hydrogens is 474 g/mol. The number of hydrogen-bond acceptors (Lipinski definition) is 7. The van der Waals surface area contributed by atoms with Crippen LogP contribution in [0.5, 0.6) is 0 Å². The van der Waals surface area contributed by atoms with Gasteiger partial charge in [-0.1, -0.05) is 0 Å². The van der Waals surface area contributed by atoms with Gasteiger partial charge < -0.3 is 9.15 Å². The van der Waals surface area contributed by atoms with Gasteiger partial charge in [-0.05, 0) is 56.6 Å². The number of halogens is 1. The number of aromatic nitrogens is 3. The molecule has 0 unspecified atom stereocenters. The van der Waals surface area contributed by atoms with Crippen LogP contribution in [0.2, 0.25) is 0 Å². The largest absolute Gasteiger partial charge is 0.443 e. The summed E-state index contributed by atoms with van der Waals surface area (Å²) in [6.07, 6.45) is 4.67. The minimum atomic E-state index is -0.587. The third-order valence-electron chi connectivity index (χ3n) is 5.50. The molecular formula is C23H30BrN5O3. The molecule has 9 heteroatoms. The molecule has 0 N–H and O–H groups in total. The Morgan fingerprint density at radius 1 is 1.19 bits per heavy atom. The molecule has 1 fully saturated rings. The van der Waals surface area contributed by atoms with E-state index in [1.165, 1.54) is 4.57 Å². The molecule has 0 aromatic carbocycles. The Morgan fingerprint density at radius 3 is 2.56 bits per heavy atom. The summed E-state index contributed by atoms with van der Waals surface area (Å²) in [5, 5.41) is 0.790. The van der Waals surface area contributed by atoms with Gasteiger partial charge in [0.15, 0.2) is 5.65 Å². The normalized spacial score (nSPS) is 16.2. The van der Waals surface area contributed by atoms with E-state index in [2.05, 4.69) is 49.5 Å². The molecule has 0 bridgehead atoms. The van der Waals surface area contributed by atoms with Crippen LogP contribution in [0.1, 0.15) is 40.4 Å². The van der Waals surface area contributed by atoms with Crippen LogP contribution in [-0.2, 0) is 11.3 Å². The molecule has 1 aliphatic rings. The highest BCUT2D eigenvalue weighted by Crippen LogP contribution is 2.30. The van der Waals surface area contributed by atoms with Crippen LogP contribution < -0.4 is 0 Å². The number of oxazole rings is 1. The maximum absolute atomic E-state index is 12.5. The standard InChI is InChI=1S/C23H30BrN5O3/c1-15(2)28-8-6-27(7-9-28)13-17-12-26-21(31-17)16-10-18-19(24)14-29(20(18)25-11-16)22(30)32-23(3,4)5/h10-12,14-15H,6-9,13H2,1-5H3. The first-order valence-corrected chi connectivity index (χ1v) is 11.7. The van der Waals surface area contributed by atoms with Crippen molar-refractivity contribution in [1.82, 2.24) is 24.3 Å². The van der Waals surface area contributed by atoms with E-state index < -0.39 is 11.7 Å². The van der Waals surface area contributed by atoms with Crippen LogP contribution in [0, 0.1) is 0 Å². The van der Waals surface area contributed by atoms with E-state index >= 15 is 0 Å². The maximum Gasteiger partial charge on any atom is 0.420 e. The molecule has 8 nitrogen and oxygen atoms in total. The van der Waals surface area contributed by atoms with Crippen LogP contribution in [0.3, 0.4) is 0 Å². The zero-order valence-electron chi connectivity index (χ0n) is 19.3. The minimum Gasteiger partial charge on any atom is -0.443 e. The first-order chi connectivity index (χ1) is 15.1. The van der Waals surface area contributed by atoms with Crippen LogP contribution in [0.15, 0.2) is 33.5 Å². The summed E-state index contributed by atoms with van der Waals surface area (Å²) >= 11 is 3.53. The zero-order chi connectivity index (χ0) is 23.0. The lowest BCUT2D eigenvalue weighted by molar-refractivity contribution is 0.0543. The van der Waals surface area contributed by atoms with E-state index in [0.717, 1.165) is 53.9 Å². The Morgan fingerprint density at radius 2 is 1.91 bits per heavy atom. The Bertz CT molecular complexity index is 1110. The highest BCUT2D eigenvalue weighted by atomic mass is 79.9. The fourth-order valence-corrected chi connectivity index (χ4v) is 4.31. The minimum absolute atomic E-state index is 0.468. The van der Waals surface area contributed by atoms with E-state index in [0.29, 0.717) is 17.6 Å². The van der Waals surface area contributed by atoms with E-state index in [9.17, 15) is 4.79 Å². The summed E-state index contributed by atoms with van der Waals surface area (Å²) in [7, 11) is 0. The third kappa shape index (κ3) is 5.05. The lowest BCUT2D eigenvalue weighted by atomic mass is 10.2. The van der Waals surface area contributed by atoms with Gasteiger partial charge in [-0.15, -0.1) is 0 Å². The Labute approximate surface area is 196 Å². The lowest BCUT2D eigenvalue weighted by Crippen LogP contribution is -2.48. The van der Waals surface area contributed by atoms with Gasteiger partial charge in [-0.3, -0.25) is 9.80 Å². The first-order valence-electron chi connectivity index (χ1n) is 10.9. The predicted octanol–water partition coefficient (Wildman–Crippen LogP) is 4.76. The fraction of sp³-hybridized carbons (Fsp3) is 0.522. The number of rotatable bonds is 4. The summed E-state index contributed by atoms with van der Waals surface area (Å²) in [4.78, 5) is 26.4. The molecule has 32 heavy (non-hydrogen) atoms. The molecule has 0 aliphatic carbocycles. The average Bonchev–Trinajstić information content (AvgIpc) is 3.31. The van der Waals surface area contributed by atoms with Crippen LogP contribution in [0.4, 0.5) is 4.79 Å². The van der Waals surface area contributed by atoms with E-state index in [4.69, 9.17) is 9.15 Å². The van der Waals surface area contributed by atoms with Crippen molar-refractivity contribution in [3.05, 3.63) is 34.9 Å². The van der Waals surface area contributed by atoms with E-state index in [1.54, 1.807) is 18.6 Å². The number of pyridine rings is 1. The third-order valence-corrected chi connectivity index (χ3v) is 6.13. The Hall–Kier alpha value is -2.23. The topological polar surface area (TPSA) is 76.6 Å².